The lowest BCUT2D eigenvalue weighted by molar-refractivity contribution is -0.141. The second-order valence-electron chi connectivity index (χ2n) is 4.19. The molecule has 0 aliphatic heterocycles. The fourth-order valence-electron chi connectivity index (χ4n) is 1.66. The van der Waals surface area contributed by atoms with Crippen LogP contribution in [0.3, 0.4) is 0 Å². The fraction of sp³-hybridized carbons (Fsp3) is 0.417. The van der Waals surface area contributed by atoms with Gasteiger partial charge in [0.2, 0.25) is 10.0 Å². The van der Waals surface area contributed by atoms with E-state index in [1.165, 1.54) is 26.1 Å². The van der Waals surface area contributed by atoms with E-state index in [2.05, 4.69) is 0 Å². The first-order valence-corrected chi connectivity index (χ1v) is 7.12. The van der Waals surface area contributed by atoms with Gasteiger partial charge in [0, 0.05) is 7.05 Å². The molecule has 1 aromatic carbocycles. The first-order chi connectivity index (χ1) is 8.71. The molecule has 0 aromatic heterocycles. The van der Waals surface area contributed by atoms with Crippen LogP contribution < -0.4 is 0 Å². The summed E-state index contributed by atoms with van der Waals surface area (Å²) in [5, 5.41) is 8.97. The van der Waals surface area contributed by atoms with E-state index in [9.17, 15) is 17.6 Å². The second kappa shape index (κ2) is 5.66. The van der Waals surface area contributed by atoms with Crippen LogP contribution in [0.25, 0.3) is 0 Å². The molecule has 0 fully saturated rings. The Hall–Kier alpha value is -1.47. The number of benzene rings is 1. The SMILES string of the molecule is CCC(C(=O)O)N(C)S(=O)(=O)c1ccc(C)c(F)c1. The van der Waals surface area contributed by atoms with Crippen molar-refractivity contribution >= 4 is 16.0 Å². The van der Waals surface area contributed by atoms with Gasteiger partial charge in [0.05, 0.1) is 4.90 Å². The zero-order valence-electron chi connectivity index (χ0n) is 10.9. The number of aryl methyl sites for hydroxylation is 1. The van der Waals surface area contributed by atoms with E-state index in [1.54, 1.807) is 6.92 Å². The molecule has 0 saturated heterocycles. The van der Waals surface area contributed by atoms with Gasteiger partial charge in [0.25, 0.3) is 0 Å². The summed E-state index contributed by atoms with van der Waals surface area (Å²) in [6.45, 7) is 3.09. The predicted molar refractivity (Wildman–Crippen MR) is 67.8 cm³/mol. The zero-order valence-corrected chi connectivity index (χ0v) is 11.7. The summed E-state index contributed by atoms with van der Waals surface area (Å²) in [6.07, 6.45) is 0.124. The van der Waals surface area contributed by atoms with Crippen LogP contribution in [0.4, 0.5) is 4.39 Å². The number of hydrogen-bond acceptors (Lipinski definition) is 3. The van der Waals surface area contributed by atoms with Gasteiger partial charge in [0.1, 0.15) is 11.9 Å². The third-order valence-corrected chi connectivity index (χ3v) is 4.79. The minimum absolute atomic E-state index is 0.124. The van der Waals surface area contributed by atoms with Crippen LogP contribution in [0.5, 0.6) is 0 Å². The van der Waals surface area contributed by atoms with Gasteiger partial charge in [-0.05, 0) is 31.0 Å². The molecular formula is C12H16FNO4S. The molecule has 1 N–H and O–H groups in total. The number of halogens is 1. The minimum Gasteiger partial charge on any atom is -0.480 e. The number of carboxylic acid groups (broad SMARTS) is 1. The van der Waals surface area contributed by atoms with E-state index in [-0.39, 0.29) is 11.3 Å². The van der Waals surface area contributed by atoms with Crippen LogP contribution in [0.2, 0.25) is 0 Å². The van der Waals surface area contributed by atoms with Crippen molar-refractivity contribution in [2.45, 2.75) is 31.2 Å². The van der Waals surface area contributed by atoms with Crippen LogP contribution in [0, 0.1) is 12.7 Å². The Kier molecular flexibility index (Phi) is 4.65. The number of carbonyl (C=O) groups is 1. The van der Waals surface area contributed by atoms with Gasteiger partial charge in [-0.1, -0.05) is 13.0 Å². The Balaban J connectivity index is 3.23. The van der Waals surface area contributed by atoms with Gasteiger partial charge in [0.15, 0.2) is 0 Å². The number of rotatable bonds is 5. The first kappa shape index (κ1) is 15.6. The van der Waals surface area contributed by atoms with Gasteiger partial charge < -0.3 is 5.11 Å². The molecule has 1 atom stereocenters. The largest absolute Gasteiger partial charge is 0.480 e. The van der Waals surface area contributed by atoms with Crippen LogP contribution in [-0.4, -0.2) is 36.9 Å². The number of carboxylic acids is 1. The van der Waals surface area contributed by atoms with E-state index in [4.69, 9.17) is 5.11 Å². The number of nitrogens with zero attached hydrogens (tertiary/aromatic N) is 1. The molecule has 0 amide bonds. The lowest BCUT2D eigenvalue weighted by Crippen LogP contribution is -2.41. The lowest BCUT2D eigenvalue weighted by Gasteiger charge is -2.23. The molecule has 0 heterocycles. The van der Waals surface area contributed by atoms with Crippen LogP contribution in [0.15, 0.2) is 23.1 Å². The van der Waals surface area contributed by atoms with Gasteiger partial charge in [-0.2, -0.15) is 4.31 Å². The van der Waals surface area contributed by atoms with E-state index in [1.807, 2.05) is 0 Å². The van der Waals surface area contributed by atoms with E-state index >= 15 is 0 Å². The zero-order chi connectivity index (χ0) is 14.8. The summed E-state index contributed by atoms with van der Waals surface area (Å²) < 4.78 is 38.6. The highest BCUT2D eigenvalue weighted by Crippen LogP contribution is 2.20. The van der Waals surface area contributed by atoms with Crippen molar-refractivity contribution in [3.63, 3.8) is 0 Å². The summed E-state index contributed by atoms with van der Waals surface area (Å²) in [5.41, 5.74) is 0.326. The van der Waals surface area contributed by atoms with E-state index < -0.39 is 27.9 Å². The lowest BCUT2D eigenvalue weighted by atomic mass is 10.2. The summed E-state index contributed by atoms with van der Waals surface area (Å²) in [4.78, 5) is 10.7. The highest BCUT2D eigenvalue weighted by molar-refractivity contribution is 7.89. The molecule has 1 aromatic rings. The average molecular weight is 289 g/mol. The molecule has 0 bridgehead atoms. The van der Waals surface area contributed by atoms with Crippen molar-refractivity contribution in [3.05, 3.63) is 29.6 Å². The van der Waals surface area contributed by atoms with Crippen molar-refractivity contribution in [3.8, 4) is 0 Å². The molecule has 1 rings (SSSR count). The predicted octanol–water partition coefficient (Wildman–Crippen LogP) is 1.62. The maximum absolute atomic E-state index is 13.4. The van der Waals surface area contributed by atoms with Crippen LogP contribution in [-0.2, 0) is 14.8 Å². The minimum atomic E-state index is -4.02. The van der Waals surface area contributed by atoms with Crippen molar-refractivity contribution in [1.82, 2.24) is 4.31 Å². The third kappa shape index (κ3) is 3.10. The molecular weight excluding hydrogens is 273 g/mol. The van der Waals surface area contributed by atoms with E-state index in [0.29, 0.717) is 5.56 Å². The summed E-state index contributed by atoms with van der Waals surface area (Å²) >= 11 is 0. The summed E-state index contributed by atoms with van der Waals surface area (Å²) in [5.74, 6) is -1.88. The average Bonchev–Trinajstić information content (AvgIpc) is 2.32. The Bertz CT molecular complexity index is 585. The highest BCUT2D eigenvalue weighted by atomic mass is 32.2. The van der Waals surface area contributed by atoms with Gasteiger partial charge in [-0.15, -0.1) is 0 Å². The molecule has 1 unspecified atom stereocenters. The van der Waals surface area contributed by atoms with Gasteiger partial charge in [-0.3, -0.25) is 4.79 Å². The smallest absolute Gasteiger partial charge is 0.321 e. The summed E-state index contributed by atoms with van der Waals surface area (Å²) in [7, 11) is -2.85. The fourth-order valence-corrected chi connectivity index (χ4v) is 3.05. The van der Waals surface area contributed by atoms with Gasteiger partial charge >= 0.3 is 5.97 Å². The van der Waals surface area contributed by atoms with Crippen molar-refractivity contribution < 1.29 is 22.7 Å². The number of likely N-dealkylation sites (N-methyl/N-ethyl adjacent to an activating group) is 1. The van der Waals surface area contributed by atoms with Crippen molar-refractivity contribution in [1.29, 1.82) is 0 Å². The van der Waals surface area contributed by atoms with Crippen molar-refractivity contribution in [2.24, 2.45) is 0 Å². The molecule has 0 aliphatic carbocycles. The van der Waals surface area contributed by atoms with Crippen LogP contribution >= 0.6 is 0 Å². The molecule has 5 nitrogen and oxygen atoms in total. The van der Waals surface area contributed by atoms with Gasteiger partial charge in [-0.25, -0.2) is 12.8 Å². The number of sulfonamides is 1. The molecule has 106 valence electrons. The topological polar surface area (TPSA) is 74.7 Å². The molecule has 0 aliphatic rings. The molecule has 0 radical (unpaired) electrons. The van der Waals surface area contributed by atoms with E-state index in [0.717, 1.165) is 10.4 Å². The second-order valence-corrected chi connectivity index (χ2v) is 6.19. The summed E-state index contributed by atoms with van der Waals surface area (Å²) in [6, 6.07) is 2.33. The van der Waals surface area contributed by atoms with Crippen molar-refractivity contribution in [2.75, 3.05) is 7.05 Å². The molecule has 0 saturated carbocycles. The maximum Gasteiger partial charge on any atom is 0.321 e. The molecule has 7 heteroatoms. The first-order valence-electron chi connectivity index (χ1n) is 5.68. The molecule has 0 spiro atoms. The quantitative estimate of drug-likeness (QED) is 0.893. The Labute approximate surface area is 111 Å². The Morgan fingerprint density at radius 3 is 2.47 bits per heavy atom. The normalized spacial score (nSPS) is 13.5. The number of aliphatic carboxylic acids is 1. The number of hydrogen-bond donors (Lipinski definition) is 1. The Morgan fingerprint density at radius 1 is 1.47 bits per heavy atom. The third-order valence-electron chi connectivity index (χ3n) is 2.93. The standard InChI is InChI=1S/C12H16FNO4S/c1-4-11(12(15)16)14(3)19(17,18)9-6-5-8(2)10(13)7-9/h5-7,11H,4H2,1-3H3,(H,15,16). The monoisotopic (exact) mass is 289 g/mol. The molecule has 19 heavy (non-hydrogen) atoms. The highest BCUT2D eigenvalue weighted by Gasteiger charge is 2.31. The maximum atomic E-state index is 13.4. The van der Waals surface area contributed by atoms with Crippen LogP contribution in [0.1, 0.15) is 18.9 Å². The Morgan fingerprint density at radius 2 is 2.05 bits per heavy atom.